The van der Waals surface area contributed by atoms with Crippen molar-refractivity contribution in [2.24, 2.45) is 0 Å². The first-order chi connectivity index (χ1) is 20.7. The molecule has 1 aliphatic heterocycles. The summed E-state index contributed by atoms with van der Waals surface area (Å²) in [6.07, 6.45) is 4.97. The molecule has 1 amide bonds. The Hall–Kier alpha value is -0.930. The highest BCUT2D eigenvalue weighted by Gasteiger charge is 2.47. The highest BCUT2D eigenvalue weighted by atomic mass is 16.7. The van der Waals surface area contributed by atoms with E-state index < -0.39 is 74.2 Å². The molecule has 9 atom stereocenters. The van der Waals surface area contributed by atoms with Crippen LogP contribution in [0.15, 0.2) is 0 Å². The molecular formula is C31H61NO11. The van der Waals surface area contributed by atoms with E-state index >= 15 is 0 Å². The lowest BCUT2D eigenvalue weighted by molar-refractivity contribution is -0.326. The third-order valence-electron chi connectivity index (χ3n) is 8.21. The van der Waals surface area contributed by atoms with E-state index in [0.717, 1.165) is 19.3 Å². The second-order valence-electron chi connectivity index (χ2n) is 11.9. The lowest BCUT2D eigenvalue weighted by Crippen LogP contribution is -2.62. The molecule has 0 aromatic heterocycles. The fourth-order valence-corrected chi connectivity index (χ4v) is 5.34. The van der Waals surface area contributed by atoms with Crippen LogP contribution in [0.4, 0.5) is 0 Å². The normalized spacial score (nSPS) is 25.3. The number of ether oxygens (including phenoxy) is 2. The fourth-order valence-electron chi connectivity index (χ4n) is 5.34. The van der Waals surface area contributed by atoms with Gasteiger partial charge in [-0.15, -0.1) is 0 Å². The molecule has 0 spiro atoms. The zero-order chi connectivity index (χ0) is 32.0. The Bertz CT molecular complexity index is 686. The fraction of sp³-hybridized carbons (Fsp3) is 0.968. The summed E-state index contributed by atoms with van der Waals surface area (Å²) in [7, 11) is 0. The average molecular weight is 624 g/mol. The van der Waals surface area contributed by atoms with Gasteiger partial charge >= 0.3 is 0 Å². The van der Waals surface area contributed by atoms with E-state index in [9.17, 15) is 45.6 Å². The Balaban J connectivity index is 2.22. The minimum absolute atomic E-state index is 0.280. The first-order valence-corrected chi connectivity index (χ1v) is 16.6. The summed E-state index contributed by atoms with van der Waals surface area (Å²) >= 11 is 0. The molecule has 0 aromatic carbocycles. The topological polar surface area (TPSA) is 209 Å². The largest absolute Gasteiger partial charge is 0.394 e. The Labute approximate surface area is 257 Å². The van der Waals surface area contributed by atoms with E-state index in [1.807, 2.05) is 0 Å². The van der Waals surface area contributed by atoms with Gasteiger partial charge in [-0.05, 0) is 6.42 Å². The Morgan fingerprint density at radius 1 is 0.721 bits per heavy atom. The van der Waals surface area contributed by atoms with Crippen molar-refractivity contribution in [3.05, 3.63) is 0 Å². The second-order valence-corrected chi connectivity index (χ2v) is 11.9. The minimum atomic E-state index is -2.04. The van der Waals surface area contributed by atoms with Crippen molar-refractivity contribution in [1.82, 2.24) is 5.32 Å². The second kappa shape index (κ2) is 24.3. The monoisotopic (exact) mass is 623 g/mol. The van der Waals surface area contributed by atoms with Gasteiger partial charge in [-0.3, -0.25) is 4.79 Å². The zero-order valence-corrected chi connectivity index (χ0v) is 26.1. The number of aliphatic hydroxyl groups is 8. The molecule has 1 heterocycles. The molecule has 9 N–H and O–H groups in total. The third-order valence-corrected chi connectivity index (χ3v) is 8.21. The van der Waals surface area contributed by atoms with Crippen LogP contribution < -0.4 is 5.32 Å². The first kappa shape index (κ1) is 40.1. The number of nitrogens with one attached hydrogen (secondary N) is 1. The number of hydrogen-bond donors (Lipinski definition) is 9. The Morgan fingerprint density at radius 2 is 1.19 bits per heavy atom. The van der Waals surface area contributed by atoms with Crippen molar-refractivity contribution in [2.45, 2.75) is 171 Å². The van der Waals surface area contributed by atoms with Crippen molar-refractivity contribution < 1.29 is 55.1 Å². The molecule has 0 bridgehead atoms. The molecule has 12 heteroatoms. The van der Waals surface area contributed by atoms with Crippen LogP contribution in [-0.4, -0.2) is 122 Å². The number of carbonyl (C=O) groups is 1. The van der Waals surface area contributed by atoms with Crippen LogP contribution in [0.2, 0.25) is 0 Å². The number of hydrogen-bond acceptors (Lipinski definition) is 11. The van der Waals surface area contributed by atoms with Gasteiger partial charge in [-0.25, -0.2) is 0 Å². The predicted octanol–water partition coefficient (Wildman–Crippen LogP) is 1.01. The van der Waals surface area contributed by atoms with Crippen LogP contribution in [0.5, 0.6) is 0 Å². The van der Waals surface area contributed by atoms with Gasteiger partial charge < -0.3 is 55.6 Å². The molecule has 1 aliphatic rings. The SMILES string of the molecule is CCCCCCCCCCCCCCCCCCCNC(=O)[C@H](O)[C@@H](O)[C@H](O[C@H]1OC(CO)[C@@H](O)[C@H](O)C1O)[C@H](O)CO. The average Bonchev–Trinajstić information content (AvgIpc) is 3.01. The molecule has 1 fully saturated rings. The molecule has 0 radical (unpaired) electrons. The van der Waals surface area contributed by atoms with Gasteiger partial charge in [0.2, 0.25) is 0 Å². The first-order valence-electron chi connectivity index (χ1n) is 16.6. The number of carbonyl (C=O) groups excluding carboxylic acids is 1. The lowest BCUT2D eigenvalue weighted by Gasteiger charge is -2.42. The van der Waals surface area contributed by atoms with Crippen molar-refractivity contribution in [1.29, 1.82) is 0 Å². The van der Waals surface area contributed by atoms with Gasteiger partial charge in [-0.2, -0.15) is 0 Å². The third kappa shape index (κ3) is 15.8. The molecule has 0 saturated carbocycles. The molecule has 1 saturated heterocycles. The number of unbranched alkanes of at least 4 members (excludes halogenated alkanes) is 16. The molecule has 0 aliphatic carbocycles. The van der Waals surface area contributed by atoms with E-state index in [4.69, 9.17) is 9.47 Å². The van der Waals surface area contributed by atoms with Crippen LogP contribution in [0.1, 0.15) is 116 Å². The quantitative estimate of drug-likeness (QED) is 0.0621. The van der Waals surface area contributed by atoms with Gasteiger partial charge in [0.15, 0.2) is 12.4 Å². The summed E-state index contributed by atoms with van der Waals surface area (Å²) in [4.78, 5) is 12.4. The lowest BCUT2D eigenvalue weighted by atomic mass is 9.98. The molecule has 12 nitrogen and oxygen atoms in total. The highest BCUT2D eigenvalue weighted by molar-refractivity contribution is 5.81. The maximum atomic E-state index is 12.4. The highest BCUT2D eigenvalue weighted by Crippen LogP contribution is 2.25. The maximum absolute atomic E-state index is 12.4. The summed E-state index contributed by atoms with van der Waals surface area (Å²) in [6, 6.07) is 0. The summed E-state index contributed by atoms with van der Waals surface area (Å²) in [5.41, 5.74) is 0. The van der Waals surface area contributed by atoms with Gasteiger partial charge in [0, 0.05) is 6.54 Å². The Morgan fingerprint density at radius 3 is 1.63 bits per heavy atom. The molecule has 1 rings (SSSR count). The standard InChI is InChI=1S/C31H61NO11/c1-2-3-4-5-6-7-8-9-10-11-12-13-14-15-16-17-18-19-32-30(41)27(39)26(38)29(22(35)20-33)43-31-28(40)25(37)24(36)23(21-34)42-31/h22-29,31,33-40H,2-21H2,1H3,(H,32,41)/t22-,23?,24-,25+,26-,27-,28?,29-,31-/m1/s1. The van der Waals surface area contributed by atoms with Crippen LogP contribution >= 0.6 is 0 Å². The summed E-state index contributed by atoms with van der Waals surface area (Å²) in [5, 5.41) is 82.3. The summed E-state index contributed by atoms with van der Waals surface area (Å²) < 4.78 is 10.5. The molecule has 2 unspecified atom stereocenters. The van der Waals surface area contributed by atoms with E-state index in [0.29, 0.717) is 6.42 Å². The van der Waals surface area contributed by atoms with Crippen LogP contribution in [-0.2, 0) is 14.3 Å². The molecule has 43 heavy (non-hydrogen) atoms. The van der Waals surface area contributed by atoms with E-state index in [-0.39, 0.29) is 6.54 Å². The number of amides is 1. The van der Waals surface area contributed by atoms with Crippen molar-refractivity contribution in [3.63, 3.8) is 0 Å². The van der Waals surface area contributed by atoms with Crippen LogP contribution in [0.3, 0.4) is 0 Å². The van der Waals surface area contributed by atoms with Crippen molar-refractivity contribution >= 4 is 5.91 Å². The van der Waals surface area contributed by atoms with E-state index in [2.05, 4.69) is 12.2 Å². The van der Waals surface area contributed by atoms with Crippen LogP contribution in [0.25, 0.3) is 0 Å². The van der Waals surface area contributed by atoms with E-state index in [1.165, 1.54) is 83.5 Å². The van der Waals surface area contributed by atoms with Crippen molar-refractivity contribution in [3.8, 4) is 0 Å². The maximum Gasteiger partial charge on any atom is 0.251 e. The van der Waals surface area contributed by atoms with Gasteiger partial charge in [0.1, 0.15) is 42.7 Å². The number of aliphatic hydroxyl groups excluding tert-OH is 8. The summed E-state index contributed by atoms with van der Waals surface area (Å²) in [5.74, 6) is -0.906. The summed E-state index contributed by atoms with van der Waals surface area (Å²) in [6.45, 7) is 0.872. The smallest absolute Gasteiger partial charge is 0.251 e. The molecule has 256 valence electrons. The van der Waals surface area contributed by atoms with E-state index in [1.54, 1.807) is 0 Å². The predicted molar refractivity (Wildman–Crippen MR) is 161 cm³/mol. The van der Waals surface area contributed by atoms with Gasteiger partial charge in [0.25, 0.3) is 5.91 Å². The minimum Gasteiger partial charge on any atom is -0.394 e. The van der Waals surface area contributed by atoms with Gasteiger partial charge in [0.05, 0.1) is 13.2 Å². The Kier molecular flexibility index (Phi) is 22.7. The zero-order valence-electron chi connectivity index (χ0n) is 26.1. The van der Waals surface area contributed by atoms with Crippen molar-refractivity contribution in [2.75, 3.05) is 19.8 Å². The molecule has 0 aromatic rings. The van der Waals surface area contributed by atoms with Gasteiger partial charge in [-0.1, -0.05) is 110 Å². The number of rotatable bonds is 26. The molecular weight excluding hydrogens is 562 g/mol. The van der Waals surface area contributed by atoms with Crippen LogP contribution in [0, 0.1) is 0 Å².